The second kappa shape index (κ2) is 4.00. The average molecular weight is 252 g/mol. The number of benzene rings is 1. The molecule has 0 aliphatic carbocycles. The summed E-state index contributed by atoms with van der Waals surface area (Å²) in [4.78, 5) is 11.3. The number of esters is 1. The lowest BCUT2D eigenvalue weighted by molar-refractivity contribution is -0.135. The lowest BCUT2D eigenvalue weighted by Gasteiger charge is -2.04. The lowest BCUT2D eigenvalue weighted by atomic mass is 10.2. The summed E-state index contributed by atoms with van der Waals surface area (Å²) in [6, 6.07) is 6.39. The van der Waals surface area contributed by atoms with Gasteiger partial charge < -0.3 is 4.74 Å². The minimum Gasteiger partial charge on any atom is -0.457 e. The Morgan fingerprint density at radius 3 is 2.18 bits per heavy atom. The first-order valence-electron chi connectivity index (χ1n) is 5.11. The molecule has 1 aromatic rings. The van der Waals surface area contributed by atoms with Crippen LogP contribution in [0.15, 0.2) is 39.6 Å². The highest BCUT2D eigenvalue weighted by Crippen LogP contribution is 2.27. The number of hydrogen-bond acceptors (Lipinski definition) is 4. The molecule has 0 N–H and O–H groups in total. The third-order valence-electron chi connectivity index (χ3n) is 2.59. The SMILES string of the molecule is CC1=C(S(=O)(=O)c2ccc(C)cc2)C(=O)OC1. The van der Waals surface area contributed by atoms with Crippen LogP contribution in [0.5, 0.6) is 0 Å². The fraction of sp³-hybridized carbons (Fsp3) is 0.250. The molecule has 0 fully saturated rings. The van der Waals surface area contributed by atoms with Gasteiger partial charge in [0.2, 0.25) is 9.84 Å². The molecule has 0 saturated carbocycles. The van der Waals surface area contributed by atoms with Gasteiger partial charge in [0, 0.05) is 0 Å². The maximum absolute atomic E-state index is 12.2. The van der Waals surface area contributed by atoms with Crippen LogP contribution in [-0.4, -0.2) is 21.0 Å². The van der Waals surface area contributed by atoms with Crippen LogP contribution in [0.1, 0.15) is 12.5 Å². The number of hydrogen-bond donors (Lipinski definition) is 0. The van der Waals surface area contributed by atoms with E-state index in [0.717, 1.165) is 5.56 Å². The Labute approximate surface area is 99.8 Å². The van der Waals surface area contributed by atoms with Crippen LogP contribution in [-0.2, 0) is 19.4 Å². The molecule has 1 heterocycles. The van der Waals surface area contributed by atoms with Crippen molar-refractivity contribution in [3.05, 3.63) is 40.3 Å². The van der Waals surface area contributed by atoms with E-state index in [0.29, 0.717) is 5.57 Å². The second-order valence-corrected chi connectivity index (χ2v) is 5.89. The smallest absolute Gasteiger partial charge is 0.350 e. The summed E-state index contributed by atoms with van der Waals surface area (Å²) in [5.74, 6) is -0.761. The van der Waals surface area contributed by atoms with Crippen LogP contribution >= 0.6 is 0 Å². The summed E-state index contributed by atoms with van der Waals surface area (Å²) in [5, 5.41) is 0. The van der Waals surface area contributed by atoms with Gasteiger partial charge in [0.15, 0.2) is 4.91 Å². The molecule has 0 radical (unpaired) electrons. The van der Waals surface area contributed by atoms with E-state index in [4.69, 9.17) is 4.74 Å². The monoisotopic (exact) mass is 252 g/mol. The van der Waals surface area contributed by atoms with Crippen molar-refractivity contribution in [1.29, 1.82) is 0 Å². The third-order valence-corrected chi connectivity index (χ3v) is 4.54. The van der Waals surface area contributed by atoms with Crippen molar-refractivity contribution in [2.45, 2.75) is 18.7 Å². The van der Waals surface area contributed by atoms with Gasteiger partial charge in [-0.1, -0.05) is 17.7 Å². The third kappa shape index (κ3) is 1.98. The number of carbonyl (C=O) groups excluding carboxylic acids is 1. The molecule has 1 aromatic carbocycles. The number of rotatable bonds is 2. The highest BCUT2D eigenvalue weighted by molar-refractivity contribution is 7.96. The molecule has 0 saturated heterocycles. The van der Waals surface area contributed by atoms with Crippen molar-refractivity contribution in [1.82, 2.24) is 0 Å². The zero-order valence-electron chi connectivity index (χ0n) is 9.56. The molecule has 1 aliphatic heterocycles. The van der Waals surface area contributed by atoms with Crippen LogP contribution in [0.4, 0.5) is 0 Å². The Morgan fingerprint density at radius 2 is 1.71 bits per heavy atom. The quantitative estimate of drug-likeness (QED) is 0.750. The summed E-state index contributed by atoms with van der Waals surface area (Å²) in [6.45, 7) is 3.51. The van der Waals surface area contributed by atoms with Crippen LogP contribution in [0, 0.1) is 6.92 Å². The van der Waals surface area contributed by atoms with Gasteiger partial charge in [0.25, 0.3) is 0 Å². The van der Waals surface area contributed by atoms with Crippen molar-refractivity contribution in [2.24, 2.45) is 0 Å². The fourth-order valence-corrected chi connectivity index (χ4v) is 3.18. The molecule has 5 heteroatoms. The van der Waals surface area contributed by atoms with Gasteiger partial charge >= 0.3 is 5.97 Å². The van der Waals surface area contributed by atoms with Crippen molar-refractivity contribution in [3.8, 4) is 0 Å². The van der Waals surface area contributed by atoms with Gasteiger partial charge in [0.1, 0.15) is 6.61 Å². The first-order valence-corrected chi connectivity index (χ1v) is 6.60. The summed E-state index contributed by atoms with van der Waals surface area (Å²) >= 11 is 0. The Bertz CT molecular complexity index is 594. The van der Waals surface area contributed by atoms with E-state index in [1.165, 1.54) is 12.1 Å². The molecule has 0 unspecified atom stereocenters. The second-order valence-electron chi connectivity index (χ2n) is 4.00. The van der Waals surface area contributed by atoms with Gasteiger partial charge in [-0.05, 0) is 31.6 Å². The Kier molecular flexibility index (Phi) is 2.79. The highest BCUT2D eigenvalue weighted by atomic mass is 32.2. The van der Waals surface area contributed by atoms with E-state index in [1.807, 2.05) is 6.92 Å². The lowest BCUT2D eigenvalue weighted by Crippen LogP contribution is -2.12. The number of cyclic esters (lactones) is 1. The Hall–Kier alpha value is -1.62. The molecule has 4 nitrogen and oxygen atoms in total. The first-order chi connectivity index (χ1) is 7.93. The van der Waals surface area contributed by atoms with Gasteiger partial charge in [0.05, 0.1) is 4.90 Å². The molecule has 17 heavy (non-hydrogen) atoms. The number of sulfone groups is 1. The molecular weight excluding hydrogens is 240 g/mol. The van der Waals surface area contributed by atoms with E-state index in [1.54, 1.807) is 19.1 Å². The van der Waals surface area contributed by atoms with Crippen LogP contribution in [0.3, 0.4) is 0 Å². The van der Waals surface area contributed by atoms with Crippen LogP contribution < -0.4 is 0 Å². The largest absolute Gasteiger partial charge is 0.457 e. The Balaban J connectivity index is 2.55. The van der Waals surface area contributed by atoms with Crippen LogP contribution in [0.2, 0.25) is 0 Å². The Morgan fingerprint density at radius 1 is 1.12 bits per heavy atom. The maximum Gasteiger partial charge on any atom is 0.350 e. The molecule has 0 atom stereocenters. The first kappa shape index (κ1) is 11.9. The van der Waals surface area contributed by atoms with Gasteiger partial charge in [-0.2, -0.15) is 0 Å². The molecule has 90 valence electrons. The molecular formula is C12H12O4S. The molecule has 0 bridgehead atoms. The van der Waals surface area contributed by atoms with E-state index in [9.17, 15) is 13.2 Å². The van der Waals surface area contributed by atoms with E-state index >= 15 is 0 Å². The topological polar surface area (TPSA) is 60.4 Å². The summed E-state index contributed by atoms with van der Waals surface area (Å²) in [5.41, 5.74) is 1.42. The average Bonchev–Trinajstić information content (AvgIpc) is 2.59. The van der Waals surface area contributed by atoms with Crippen LogP contribution in [0.25, 0.3) is 0 Å². The standard InChI is InChI=1S/C12H12O4S/c1-8-3-5-10(6-4-8)17(14,15)11-9(2)7-16-12(11)13/h3-6H,7H2,1-2H3. The zero-order valence-corrected chi connectivity index (χ0v) is 10.4. The number of ether oxygens (including phenoxy) is 1. The summed E-state index contributed by atoms with van der Waals surface area (Å²) in [7, 11) is -3.75. The molecule has 2 rings (SSSR count). The van der Waals surface area contributed by atoms with Gasteiger partial charge in [-0.25, -0.2) is 13.2 Å². The molecule has 0 amide bonds. The minimum absolute atomic E-state index is 0.0548. The van der Waals surface area contributed by atoms with Gasteiger partial charge in [-0.15, -0.1) is 0 Å². The maximum atomic E-state index is 12.2. The normalized spacial score (nSPS) is 16.2. The molecule has 1 aliphatic rings. The highest BCUT2D eigenvalue weighted by Gasteiger charge is 2.34. The summed E-state index contributed by atoms with van der Waals surface area (Å²) < 4.78 is 29.1. The molecule has 0 spiro atoms. The van der Waals surface area contributed by atoms with Crippen molar-refractivity contribution in [2.75, 3.05) is 6.61 Å². The van der Waals surface area contributed by atoms with E-state index in [2.05, 4.69) is 0 Å². The fourth-order valence-electron chi connectivity index (χ4n) is 1.65. The minimum atomic E-state index is -3.75. The van der Waals surface area contributed by atoms with E-state index in [-0.39, 0.29) is 16.4 Å². The predicted octanol–water partition coefficient (Wildman–Crippen LogP) is 1.60. The zero-order chi connectivity index (χ0) is 12.6. The van der Waals surface area contributed by atoms with Gasteiger partial charge in [-0.3, -0.25) is 0 Å². The molecule has 0 aromatic heterocycles. The van der Waals surface area contributed by atoms with Crippen molar-refractivity contribution in [3.63, 3.8) is 0 Å². The van der Waals surface area contributed by atoms with Crippen molar-refractivity contribution >= 4 is 15.8 Å². The summed E-state index contributed by atoms with van der Waals surface area (Å²) in [6.07, 6.45) is 0. The predicted molar refractivity (Wildman–Crippen MR) is 62.0 cm³/mol. The van der Waals surface area contributed by atoms with Crippen molar-refractivity contribution < 1.29 is 17.9 Å². The number of carbonyl (C=O) groups is 1. The van der Waals surface area contributed by atoms with E-state index < -0.39 is 15.8 Å². The number of aryl methyl sites for hydroxylation is 1.